The number of hydrogen-bond donors (Lipinski definition) is 1. The number of nitrogens with zero attached hydrogens (tertiary/aromatic N) is 6. The Labute approximate surface area is 224 Å². The van der Waals surface area contributed by atoms with Crippen LogP contribution in [0.5, 0.6) is 5.75 Å². The summed E-state index contributed by atoms with van der Waals surface area (Å²) in [5.74, 6) is -0.0781. The van der Waals surface area contributed by atoms with Crippen molar-refractivity contribution in [1.29, 1.82) is 0 Å². The van der Waals surface area contributed by atoms with Gasteiger partial charge in [-0.05, 0) is 43.5 Å². The largest absolute Gasteiger partial charge is 0.496 e. The minimum Gasteiger partial charge on any atom is -0.496 e. The molecule has 0 bridgehead atoms. The zero-order valence-corrected chi connectivity index (χ0v) is 21.5. The summed E-state index contributed by atoms with van der Waals surface area (Å²) >= 11 is 0. The van der Waals surface area contributed by atoms with Gasteiger partial charge < -0.3 is 14.5 Å². The normalized spacial score (nSPS) is 18.8. The van der Waals surface area contributed by atoms with Crippen LogP contribution in [0.15, 0.2) is 65.2 Å². The van der Waals surface area contributed by atoms with Crippen molar-refractivity contribution in [2.75, 3.05) is 31.6 Å². The smallest absolute Gasteiger partial charge is 0.278 e. The summed E-state index contributed by atoms with van der Waals surface area (Å²) in [6, 6.07) is 11.1. The predicted molar refractivity (Wildman–Crippen MR) is 144 cm³/mol. The van der Waals surface area contributed by atoms with E-state index in [2.05, 4.69) is 25.4 Å². The molecule has 0 unspecified atom stereocenters. The van der Waals surface area contributed by atoms with Gasteiger partial charge in [0, 0.05) is 54.9 Å². The molecule has 0 saturated carbocycles. The topological polar surface area (TPSA) is 133 Å². The van der Waals surface area contributed by atoms with Crippen LogP contribution in [0.25, 0.3) is 11.1 Å². The molecule has 0 aliphatic carbocycles. The summed E-state index contributed by atoms with van der Waals surface area (Å²) in [5, 5.41) is 14.9. The first kappa shape index (κ1) is 24.7. The van der Waals surface area contributed by atoms with Crippen molar-refractivity contribution in [1.82, 2.24) is 20.1 Å². The highest BCUT2D eigenvalue weighted by Crippen LogP contribution is 2.44. The van der Waals surface area contributed by atoms with Crippen LogP contribution in [0.3, 0.4) is 0 Å². The number of methoxy groups -OCH3 is 1. The van der Waals surface area contributed by atoms with Crippen LogP contribution in [-0.2, 0) is 14.4 Å². The Kier molecular flexibility index (Phi) is 6.26. The Morgan fingerprint density at radius 1 is 1.05 bits per heavy atom. The number of carbonyl (C=O) groups excluding carboxylic acids is 3. The summed E-state index contributed by atoms with van der Waals surface area (Å²) in [4.78, 5) is 47.2. The van der Waals surface area contributed by atoms with Crippen LogP contribution in [0.2, 0.25) is 0 Å². The lowest BCUT2D eigenvalue weighted by Gasteiger charge is -2.38. The van der Waals surface area contributed by atoms with Crippen molar-refractivity contribution in [2.45, 2.75) is 25.7 Å². The first-order chi connectivity index (χ1) is 19.0. The van der Waals surface area contributed by atoms with E-state index < -0.39 is 11.3 Å². The van der Waals surface area contributed by atoms with Crippen molar-refractivity contribution in [3.63, 3.8) is 0 Å². The molecule has 2 amide bonds. The molecule has 0 atom stereocenters. The number of carbonyl (C=O) groups is 3. The highest BCUT2D eigenvalue weighted by Gasteiger charge is 2.49. The number of anilines is 1. The number of nitrogens with one attached hydrogen (secondary N) is 1. The fourth-order valence-electron chi connectivity index (χ4n) is 5.58. The summed E-state index contributed by atoms with van der Waals surface area (Å²) < 4.78 is 5.60. The zero-order chi connectivity index (χ0) is 27.0. The van der Waals surface area contributed by atoms with Crippen molar-refractivity contribution in [2.24, 2.45) is 15.6 Å². The number of aromatic nitrogens is 3. The summed E-state index contributed by atoms with van der Waals surface area (Å²) in [6.45, 7) is 1.35. The van der Waals surface area contributed by atoms with Gasteiger partial charge >= 0.3 is 0 Å². The van der Waals surface area contributed by atoms with Crippen LogP contribution in [0, 0.1) is 5.41 Å². The van der Waals surface area contributed by atoms with Crippen LogP contribution in [-0.4, -0.2) is 75.8 Å². The van der Waals surface area contributed by atoms with E-state index >= 15 is 0 Å². The van der Waals surface area contributed by atoms with E-state index in [-0.39, 0.29) is 23.8 Å². The van der Waals surface area contributed by atoms with E-state index in [1.54, 1.807) is 42.7 Å². The first-order valence-electron chi connectivity index (χ1n) is 12.9. The molecule has 2 fully saturated rings. The Morgan fingerprint density at radius 2 is 1.87 bits per heavy atom. The number of benzene rings is 1. The molecule has 39 heavy (non-hydrogen) atoms. The van der Waals surface area contributed by atoms with Crippen molar-refractivity contribution >= 4 is 34.7 Å². The molecular weight excluding hydrogens is 498 g/mol. The number of pyridine rings is 1. The van der Waals surface area contributed by atoms with Gasteiger partial charge in [-0.2, -0.15) is 10.2 Å². The quantitative estimate of drug-likeness (QED) is 0.545. The van der Waals surface area contributed by atoms with Gasteiger partial charge in [0.25, 0.3) is 5.91 Å². The Morgan fingerprint density at radius 3 is 2.56 bits per heavy atom. The number of ether oxygens (including phenoxy) is 1. The van der Waals surface area contributed by atoms with E-state index in [0.717, 1.165) is 16.8 Å². The third-order valence-corrected chi connectivity index (χ3v) is 7.85. The third kappa shape index (κ3) is 4.39. The maximum Gasteiger partial charge on any atom is 0.278 e. The number of piperidine rings is 1. The monoisotopic (exact) mass is 525 g/mol. The molecule has 11 nitrogen and oxygen atoms in total. The Balaban J connectivity index is 1.13. The first-order valence-corrected chi connectivity index (χ1v) is 12.9. The lowest BCUT2D eigenvalue weighted by molar-refractivity contribution is -0.133. The minimum atomic E-state index is -0.532. The molecule has 1 aromatic carbocycles. The van der Waals surface area contributed by atoms with Crippen molar-refractivity contribution in [3.8, 4) is 16.9 Å². The van der Waals surface area contributed by atoms with E-state index in [1.807, 2.05) is 29.2 Å². The van der Waals surface area contributed by atoms with Gasteiger partial charge in [0.05, 0.1) is 36.5 Å². The summed E-state index contributed by atoms with van der Waals surface area (Å²) in [7, 11) is 1.61. The van der Waals surface area contributed by atoms with Gasteiger partial charge in [0.15, 0.2) is 11.5 Å². The molecule has 2 aromatic heterocycles. The van der Waals surface area contributed by atoms with Crippen LogP contribution < -0.4 is 9.64 Å². The molecule has 6 rings (SSSR count). The maximum atomic E-state index is 13.7. The number of amides is 2. The van der Waals surface area contributed by atoms with Gasteiger partial charge in [-0.1, -0.05) is 6.07 Å². The van der Waals surface area contributed by atoms with E-state index in [4.69, 9.17) is 4.74 Å². The number of hydrogen-bond acceptors (Lipinski definition) is 8. The van der Waals surface area contributed by atoms with Crippen LogP contribution in [0.4, 0.5) is 5.69 Å². The second-order valence-electron chi connectivity index (χ2n) is 9.96. The van der Waals surface area contributed by atoms with Gasteiger partial charge in [-0.15, -0.1) is 5.10 Å². The Hall–Kier alpha value is -4.67. The molecule has 3 aromatic rings. The standard InChI is InChI=1S/C28H27N7O4/c1-39-24-14-19(5-6-20(24)18-16-30-31-17-18)35-13-9-28(27(35)38)7-11-34(12-8-28)26(37)25-23(36)15-22(32-33-25)21-4-2-3-10-29-21/h2-6,10,14,16-17H,7-9,11-13,15H2,1H3,(H,30,31). The molecule has 3 aliphatic heterocycles. The average Bonchev–Trinajstić information content (AvgIpc) is 3.62. The molecule has 11 heteroatoms. The van der Waals surface area contributed by atoms with Gasteiger partial charge in [-0.3, -0.25) is 24.5 Å². The highest BCUT2D eigenvalue weighted by molar-refractivity contribution is 6.67. The van der Waals surface area contributed by atoms with E-state index in [9.17, 15) is 14.4 Å². The fraction of sp³-hybridized carbons (Fsp3) is 0.321. The SMILES string of the molecule is COc1cc(N2CCC3(CCN(C(=O)C4=NN=C(c5ccccn5)CC4=O)CC3)C2=O)ccc1-c1cn[nH]c1. The molecule has 3 aliphatic rings. The third-order valence-electron chi connectivity index (χ3n) is 7.85. The van der Waals surface area contributed by atoms with Crippen molar-refractivity contribution < 1.29 is 19.1 Å². The number of rotatable bonds is 5. The van der Waals surface area contributed by atoms with E-state index in [1.165, 1.54) is 0 Å². The molecule has 198 valence electrons. The number of ketones is 1. The van der Waals surface area contributed by atoms with Crippen LogP contribution in [0.1, 0.15) is 31.4 Å². The minimum absolute atomic E-state index is 0.0182. The zero-order valence-electron chi connectivity index (χ0n) is 21.5. The number of H-pyrrole nitrogens is 1. The molecule has 1 N–H and O–H groups in total. The van der Waals surface area contributed by atoms with Gasteiger partial charge in [0.2, 0.25) is 5.91 Å². The second-order valence-corrected chi connectivity index (χ2v) is 9.96. The molecule has 1 spiro atoms. The van der Waals surface area contributed by atoms with Crippen LogP contribution >= 0.6 is 0 Å². The summed E-state index contributed by atoms with van der Waals surface area (Å²) in [6.07, 6.45) is 6.88. The second kappa shape index (κ2) is 9.90. The number of likely N-dealkylation sites (tertiary alicyclic amines) is 1. The van der Waals surface area contributed by atoms with Gasteiger partial charge in [0.1, 0.15) is 5.75 Å². The molecule has 0 radical (unpaired) electrons. The van der Waals surface area contributed by atoms with E-state index in [0.29, 0.717) is 56.1 Å². The molecule has 5 heterocycles. The fourth-order valence-corrected chi connectivity index (χ4v) is 5.58. The van der Waals surface area contributed by atoms with Crippen molar-refractivity contribution in [3.05, 3.63) is 60.7 Å². The summed E-state index contributed by atoms with van der Waals surface area (Å²) in [5.41, 5.74) is 2.90. The molecular formula is C28H27N7O4. The molecule has 2 saturated heterocycles. The lowest BCUT2D eigenvalue weighted by atomic mass is 9.77. The maximum absolute atomic E-state index is 13.7. The lowest BCUT2D eigenvalue weighted by Crippen LogP contribution is -2.50. The number of aromatic amines is 1. The number of Topliss-reactive ketones (excluding diaryl/α,β-unsaturated/α-hetero) is 1. The highest BCUT2D eigenvalue weighted by atomic mass is 16.5. The predicted octanol–water partition coefficient (Wildman–Crippen LogP) is 2.64. The Bertz CT molecular complexity index is 1490. The average molecular weight is 526 g/mol. The van der Waals surface area contributed by atoms with Gasteiger partial charge in [-0.25, -0.2) is 0 Å².